The molecule has 0 aliphatic carbocycles. The molecule has 21 heteroatoms. The van der Waals surface area contributed by atoms with Crippen LogP contribution < -0.4 is 5.73 Å². The second-order valence-corrected chi connectivity index (χ2v) is 12.7. The van der Waals surface area contributed by atoms with E-state index >= 15 is 0 Å². The van der Waals surface area contributed by atoms with Crippen LogP contribution >= 0.6 is 23.5 Å². The minimum absolute atomic E-state index is 0.00376. The van der Waals surface area contributed by atoms with Crippen LogP contribution in [0.4, 0.5) is 5.82 Å². The van der Waals surface area contributed by atoms with Crippen molar-refractivity contribution in [2.24, 2.45) is 0 Å². The van der Waals surface area contributed by atoms with E-state index in [2.05, 4.69) is 39.9 Å². The van der Waals surface area contributed by atoms with Gasteiger partial charge in [0.05, 0.1) is 12.9 Å². The monoisotopic (exact) mass is 601 g/mol. The van der Waals surface area contributed by atoms with Gasteiger partial charge in [-0.3, -0.25) is 9.09 Å². The highest BCUT2D eigenvalue weighted by molar-refractivity contribution is 7.66. The highest BCUT2D eigenvalue weighted by Crippen LogP contribution is 2.66. The molecule has 0 radical (unpaired) electrons. The first-order valence-corrected chi connectivity index (χ1v) is 15.3. The molecule has 18 nitrogen and oxygen atoms in total. The van der Waals surface area contributed by atoms with E-state index in [1.165, 1.54) is 17.8 Å². The number of aliphatic hydroxyl groups is 2. The number of rotatable bonds is 10. The molecule has 1 fully saturated rings. The number of unbranched alkanes of at least 4 members (excludes halogenated alkanes) is 2. The van der Waals surface area contributed by atoms with E-state index in [-0.39, 0.29) is 22.8 Å². The largest absolute Gasteiger partial charge is 0.490 e. The number of aromatic nitrogens is 4. The van der Waals surface area contributed by atoms with Gasteiger partial charge < -0.3 is 40.3 Å². The van der Waals surface area contributed by atoms with Crippen LogP contribution in [-0.4, -0.2) is 73.7 Å². The predicted molar refractivity (Wildman–Crippen MR) is 126 cm³/mol. The molecule has 2 aromatic heterocycles. The van der Waals surface area contributed by atoms with E-state index in [1.54, 1.807) is 0 Å². The third-order valence-electron chi connectivity index (χ3n) is 5.13. The Morgan fingerprint density at radius 3 is 2.50 bits per heavy atom. The van der Waals surface area contributed by atoms with Crippen molar-refractivity contribution in [3.63, 3.8) is 0 Å². The quantitative estimate of drug-likeness (QED) is 0.109. The van der Waals surface area contributed by atoms with Gasteiger partial charge in [-0.2, -0.15) is 8.62 Å². The Morgan fingerprint density at radius 2 is 1.87 bits per heavy atom. The third-order valence-corrected chi connectivity index (χ3v) is 8.93. The lowest BCUT2D eigenvalue weighted by atomic mass is 9.96. The Morgan fingerprint density at radius 1 is 1.18 bits per heavy atom. The van der Waals surface area contributed by atoms with Gasteiger partial charge in [-0.1, -0.05) is 19.3 Å². The Labute approximate surface area is 215 Å². The molecule has 6 atom stereocenters. The maximum absolute atomic E-state index is 12.0. The number of phosphoric ester groups is 1. The summed E-state index contributed by atoms with van der Waals surface area (Å²) in [5.74, 6) is 5.78. The number of ether oxygens (including phenoxy) is 1. The maximum Gasteiger partial charge on any atom is 0.490 e. The molecular formula is C17H26N5O13P3. The number of hydrogen-bond acceptors (Lipinski definition) is 13. The second-order valence-electron chi connectivity index (χ2n) is 8.25. The zero-order valence-corrected chi connectivity index (χ0v) is 22.6. The smallest absolute Gasteiger partial charge is 0.387 e. The van der Waals surface area contributed by atoms with Crippen LogP contribution in [0.15, 0.2) is 6.33 Å². The fourth-order valence-electron chi connectivity index (χ4n) is 3.42. The molecule has 8 N–H and O–H groups in total. The van der Waals surface area contributed by atoms with E-state index in [1.807, 2.05) is 6.92 Å². The van der Waals surface area contributed by atoms with Crippen molar-refractivity contribution in [3.05, 3.63) is 12.2 Å². The van der Waals surface area contributed by atoms with Crippen molar-refractivity contribution in [2.75, 3.05) is 12.3 Å². The molecule has 3 rings (SSSR count). The number of fused-ring (bicyclic) bond motifs is 1. The Hall–Kier alpha value is -1.80. The van der Waals surface area contributed by atoms with Gasteiger partial charge in [0.2, 0.25) is 5.82 Å². The molecule has 0 spiro atoms. The molecule has 2 unspecified atom stereocenters. The lowest BCUT2D eigenvalue weighted by Crippen LogP contribution is -2.44. The van der Waals surface area contributed by atoms with Crippen LogP contribution in [0, 0.1) is 11.8 Å². The molecule has 1 aliphatic rings. The SMILES string of the molecule is CCCCC#Cc1nc(N)c2ncn([C@@H]3O[C@H](COP(=O)(O)OP(=O)(O)OP(=O)(O)O)[C@@H](O)[C@@]3(C)O)c2n1. The van der Waals surface area contributed by atoms with Gasteiger partial charge in [-0.15, -0.1) is 0 Å². The molecule has 0 aromatic carbocycles. The highest BCUT2D eigenvalue weighted by atomic mass is 31.3. The van der Waals surface area contributed by atoms with Crippen LogP contribution in [0.2, 0.25) is 0 Å². The topological polar surface area (TPSA) is 279 Å². The normalized spacial score (nSPS) is 27.0. The van der Waals surface area contributed by atoms with Gasteiger partial charge in [0.15, 0.2) is 17.7 Å². The van der Waals surface area contributed by atoms with E-state index in [0.29, 0.717) is 6.42 Å². The molecule has 3 heterocycles. The second kappa shape index (κ2) is 11.4. The number of anilines is 1. The average molecular weight is 601 g/mol. The Kier molecular flexibility index (Phi) is 9.19. The molecule has 0 saturated carbocycles. The summed E-state index contributed by atoms with van der Waals surface area (Å²) in [5, 5.41) is 21.6. The lowest BCUT2D eigenvalue weighted by molar-refractivity contribution is -0.0949. The van der Waals surface area contributed by atoms with Crippen molar-refractivity contribution in [1.29, 1.82) is 0 Å². The number of aliphatic hydroxyl groups excluding tert-OH is 1. The summed E-state index contributed by atoms with van der Waals surface area (Å²) in [7, 11) is -16.8. The summed E-state index contributed by atoms with van der Waals surface area (Å²) in [6, 6.07) is 0. The third kappa shape index (κ3) is 7.44. The molecule has 1 saturated heterocycles. The standard InChI is InChI=1S/C17H26N5O13P3/c1-3-4-5-6-7-11-20-14(18)12-15(21-11)22(9-19-12)16-17(2,24)13(23)10(33-16)8-32-37(28,29)35-38(30,31)34-36(25,26)27/h9-10,13,16,23-24H,3-5,8H2,1-2H3,(H,28,29)(H,30,31)(H2,18,20,21)(H2,25,26,27)/t10-,13-,16-,17-/m1/s1. The predicted octanol–water partition coefficient (Wildman–Crippen LogP) is 0.303. The van der Waals surface area contributed by atoms with E-state index in [0.717, 1.165) is 12.8 Å². The summed E-state index contributed by atoms with van der Waals surface area (Å²) in [6.07, 6.45) is -1.03. The van der Waals surface area contributed by atoms with Gasteiger partial charge in [0, 0.05) is 6.42 Å². The summed E-state index contributed by atoms with van der Waals surface area (Å²) in [5.41, 5.74) is 4.15. The van der Waals surface area contributed by atoms with Crippen molar-refractivity contribution >= 4 is 40.4 Å². The van der Waals surface area contributed by atoms with Crippen LogP contribution in [0.25, 0.3) is 11.2 Å². The number of nitrogens with two attached hydrogens (primary N) is 1. The van der Waals surface area contributed by atoms with Crippen LogP contribution in [0.1, 0.15) is 45.2 Å². The number of imidazole rings is 1. The summed E-state index contributed by atoms with van der Waals surface area (Å²) in [6.45, 7) is 2.21. The maximum atomic E-state index is 12.0. The van der Waals surface area contributed by atoms with Crippen LogP contribution in [0.5, 0.6) is 0 Å². The van der Waals surface area contributed by atoms with Crippen LogP contribution in [-0.2, 0) is 31.6 Å². The number of nitrogen functional groups attached to an aromatic ring is 1. The van der Waals surface area contributed by atoms with Crippen LogP contribution in [0.3, 0.4) is 0 Å². The first-order chi connectivity index (χ1) is 17.5. The molecular weight excluding hydrogens is 575 g/mol. The first kappa shape index (κ1) is 30.7. The molecule has 1 aliphatic heterocycles. The van der Waals surface area contributed by atoms with E-state index < -0.39 is 54.1 Å². The molecule has 0 amide bonds. The van der Waals surface area contributed by atoms with Gasteiger partial charge in [0.1, 0.15) is 23.3 Å². The minimum Gasteiger partial charge on any atom is -0.387 e. The zero-order valence-electron chi connectivity index (χ0n) is 19.9. The molecule has 38 heavy (non-hydrogen) atoms. The summed E-state index contributed by atoms with van der Waals surface area (Å²) < 4.78 is 52.9. The highest BCUT2D eigenvalue weighted by Gasteiger charge is 2.54. The Balaban J connectivity index is 1.81. The number of phosphoric acid groups is 3. The molecule has 212 valence electrons. The molecule has 0 bridgehead atoms. The number of hydrogen-bond donors (Lipinski definition) is 7. The average Bonchev–Trinajstić information content (AvgIpc) is 3.26. The van der Waals surface area contributed by atoms with Gasteiger partial charge in [-0.25, -0.2) is 28.6 Å². The van der Waals surface area contributed by atoms with Crippen molar-refractivity contribution in [1.82, 2.24) is 19.5 Å². The fraction of sp³-hybridized carbons (Fsp3) is 0.588. The summed E-state index contributed by atoms with van der Waals surface area (Å²) in [4.78, 5) is 48.6. The van der Waals surface area contributed by atoms with Gasteiger partial charge >= 0.3 is 23.5 Å². The lowest BCUT2D eigenvalue weighted by Gasteiger charge is -2.27. The van der Waals surface area contributed by atoms with Gasteiger partial charge in [-0.05, 0) is 19.3 Å². The van der Waals surface area contributed by atoms with E-state index in [9.17, 15) is 33.7 Å². The van der Waals surface area contributed by atoms with Crippen molar-refractivity contribution in [2.45, 2.75) is 57.1 Å². The van der Waals surface area contributed by atoms with Gasteiger partial charge in [0.25, 0.3) is 0 Å². The number of nitrogens with zero attached hydrogens (tertiary/aromatic N) is 4. The van der Waals surface area contributed by atoms with Crippen molar-refractivity contribution < 1.29 is 61.4 Å². The first-order valence-electron chi connectivity index (χ1n) is 10.8. The van der Waals surface area contributed by atoms with E-state index in [4.69, 9.17) is 20.3 Å². The van der Waals surface area contributed by atoms with Crippen molar-refractivity contribution in [3.8, 4) is 11.8 Å². The molecule has 2 aromatic rings. The minimum atomic E-state index is -5.74. The zero-order chi connectivity index (χ0) is 28.5. The Bertz CT molecular complexity index is 1380. The fourth-order valence-corrected chi connectivity index (χ4v) is 6.45. The summed E-state index contributed by atoms with van der Waals surface area (Å²) >= 11 is 0.